The lowest BCUT2D eigenvalue weighted by molar-refractivity contribution is -0.134. The first kappa shape index (κ1) is 11.6. The Morgan fingerprint density at radius 3 is 2.62 bits per heavy atom. The van der Waals surface area contributed by atoms with Crippen LogP contribution in [-0.4, -0.2) is 18.1 Å². The molecule has 0 bridgehead atoms. The van der Waals surface area contributed by atoms with Gasteiger partial charge in [0.2, 0.25) is 0 Å². The van der Waals surface area contributed by atoms with Gasteiger partial charge in [-0.15, -0.1) is 12.4 Å². The van der Waals surface area contributed by atoms with Crippen LogP contribution in [0.15, 0.2) is 30.6 Å². The number of esters is 1. The van der Waals surface area contributed by atoms with E-state index in [-0.39, 0.29) is 18.4 Å². The number of hydrogen-bond donors (Lipinski definition) is 0. The Labute approximate surface area is 82.8 Å². The van der Waals surface area contributed by atoms with E-state index in [1.165, 1.54) is 13.2 Å². The van der Waals surface area contributed by atoms with Gasteiger partial charge < -0.3 is 4.74 Å². The van der Waals surface area contributed by atoms with Gasteiger partial charge in [-0.25, -0.2) is 4.79 Å². The van der Waals surface area contributed by atoms with Gasteiger partial charge in [-0.1, -0.05) is 0 Å². The number of ether oxygens (including phenoxy) is 1. The summed E-state index contributed by atoms with van der Waals surface area (Å²) in [4.78, 5) is 14.5. The van der Waals surface area contributed by atoms with Crippen molar-refractivity contribution in [1.82, 2.24) is 4.98 Å². The Hall–Kier alpha value is -1.35. The molecule has 3 nitrogen and oxygen atoms in total. The van der Waals surface area contributed by atoms with Gasteiger partial charge in [0.1, 0.15) is 0 Å². The lowest BCUT2D eigenvalue weighted by Crippen LogP contribution is -1.93. The number of aromatic nitrogens is 1. The first-order valence-corrected chi connectivity index (χ1v) is 3.49. The second-order valence-corrected chi connectivity index (χ2v) is 2.14. The highest BCUT2D eigenvalue weighted by atomic mass is 35.5. The maximum Gasteiger partial charge on any atom is 0.330 e. The van der Waals surface area contributed by atoms with Crippen LogP contribution in [0.25, 0.3) is 6.08 Å². The van der Waals surface area contributed by atoms with Crippen molar-refractivity contribution in [3.63, 3.8) is 0 Å². The molecule has 0 aliphatic carbocycles. The predicted octanol–water partition coefficient (Wildman–Crippen LogP) is 1.69. The fraction of sp³-hybridized carbons (Fsp3) is 0.111. The molecule has 0 aliphatic rings. The SMILES string of the molecule is COC(=O)C=Cc1ccncc1.Cl. The van der Waals surface area contributed by atoms with Crippen molar-refractivity contribution in [1.29, 1.82) is 0 Å². The first-order valence-electron chi connectivity index (χ1n) is 3.49. The van der Waals surface area contributed by atoms with E-state index in [1.54, 1.807) is 30.6 Å². The minimum absolute atomic E-state index is 0. The second-order valence-electron chi connectivity index (χ2n) is 2.14. The number of halogens is 1. The smallest absolute Gasteiger partial charge is 0.330 e. The molecule has 0 N–H and O–H groups in total. The summed E-state index contributed by atoms with van der Waals surface area (Å²) in [7, 11) is 1.35. The molecule has 0 amide bonds. The summed E-state index contributed by atoms with van der Waals surface area (Å²) < 4.78 is 4.43. The normalized spacial score (nSPS) is 9.31. The summed E-state index contributed by atoms with van der Waals surface area (Å²) in [5.41, 5.74) is 0.926. The number of carbonyl (C=O) groups excluding carboxylic acids is 1. The van der Waals surface area contributed by atoms with Gasteiger partial charge in [-0.3, -0.25) is 4.98 Å². The van der Waals surface area contributed by atoms with E-state index >= 15 is 0 Å². The van der Waals surface area contributed by atoms with E-state index in [4.69, 9.17) is 0 Å². The molecule has 13 heavy (non-hydrogen) atoms. The standard InChI is InChI=1S/C9H9NO2.ClH/c1-12-9(11)3-2-8-4-6-10-7-5-8;/h2-7H,1H3;1H. The van der Waals surface area contributed by atoms with Gasteiger partial charge in [0.05, 0.1) is 7.11 Å². The van der Waals surface area contributed by atoms with E-state index < -0.39 is 0 Å². The van der Waals surface area contributed by atoms with Crippen LogP contribution >= 0.6 is 12.4 Å². The summed E-state index contributed by atoms with van der Waals surface area (Å²) >= 11 is 0. The molecule has 0 spiro atoms. The molecule has 0 aromatic carbocycles. The molecule has 1 rings (SSSR count). The van der Waals surface area contributed by atoms with Gasteiger partial charge in [0.25, 0.3) is 0 Å². The highest BCUT2D eigenvalue weighted by Crippen LogP contribution is 1.98. The highest BCUT2D eigenvalue weighted by Gasteiger charge is 1.90. The van der Waals surface area contributed by atoms with Crippen molar-refractivity contribution in [2.75, 3.05) is 7.11 Å². The molecule has 4 heteroatoms. The third kappa shape index (κ3) is 4.28. The van der Waals surface area contributed by atoms with Crippen LogP contribution in [0.2, 0.25) is 0 Å². The van der Waals surface area contributed by atoms with Crippen LogP contribution in [0.4, 0.5) is 0 Å². The monoisotopic (exact) mass is 199 g/mol. The van der Waals surface area contributed by atoms with Crippen LogP contribution in [0.3, 0.4) is 0 Å². The average Bonchev–Trinajstić information content (AvgIpc) is 2.16. The molecule has 1 aromatic heterocycles. The van der Waals surface area contributed by atoms with Crippen molar-refractivity contribution < 1.29 is 9.53 Å². The Morgan fingerprint density at radius 1 is 1.46 bits per heavy atom. The zero-order valence-electron chi connectivity index (χ0n) is 7.14. The molecule has 0 radical (unpaired) electrons. The summed E-state index contributed by atoms with van der Waals surface area (Å²) in [6, 6.07) is 3.61. The van der Waals surface area contributed by atoms with E-state index in [0.29, 0.717) is 0 Å². The zero-order valence-corrected chi connectivity index (χ0v) is 7.95. The number of nitrogens with zero attached hydrogens (tertiary/aromatic N) is 1. The Kier molecular flexibility index (Phi) is 5.55. The quantitative estimate of drug-likeness (QED) is 0.538. The Morgan fingerprint density at radius 2 is 2.08 bits per heavy atom. The largest absolute Gasteiger partial charge is 0.466 e. The molecule has 1 aromatic rings. The van der Waals surface area contributed by atoms with Gasteiger partial charge in [0, 0.05) is 18.5 Å². The van der Waals surface area contributed by atoms with Crippen LogP contribution in [-0.2, 0) is 9.53 Å². The fourth-order valence-corrected chi connectivity index (χ4v) is 0.707. The molecule has 70 valence electrons. The molecule has 0 fully saturated rings. The number of pyridine rings is 1. The third-order valence-electron chi connectivity index (χ3n) is 1.32. The molecule has 0 atom stereocenters. The van der Waals surface area contributed by atoms with Crippen molar-refractivity contribution in [3.05, 3.63) is 36.2 Å². The highest BCUT2D eigenvalue weighted by molar-refractivity contribution is 5.86. The molecular formula is C9H10ClNO2. The van der Waals surface area contributed by atoms with Crippen LogP contribution < -0.4 is 0 Å². The zero-order chi connectivity index (χ0) is 8.81. The van der Waals surface area contributed by atoms with Crippen molar-refractivity contribution in [3.8, 4) is 0 Å². The maximum absolute atomic E-state index is 10.7. The lowest BCUT2D eigenvalue weighted by Gasteiger charge is -1.90. The number of hydrogen-bond acceptors (Lipinski definition) is 3. The molecule has 0 unspecified atom stereocenters. The molecular weight excluding hydrogens is 190 g/mol. The molecule has 1 heterocycles. The lowest BCUT2D eigenvalue weighted by atomic mass is 10.2. The molecule has 0 saturated carbocycles. The Balaban J connectivity index is 0.00000144. The maximum atomic E-state index is 10.7. The minimum atomic E-state index is -0.355. The number of rotatable bonds is 2. The third-order valence-corrected chi connectivity index (χ3v) is 1.32. The molecule has 0 saturated heterocycles. The van der Waals surface area contributed by atoms with Crippen molar-refractivity contribution in [2.45, 2.75) is 0 Å². The topological polar surface area (TPSA) is 39.2 Å². The van der Waals surface area contributed by atoms with Crippen LogP contribution in [0.5, 0.6) is 0 Å². The van der Waals surface area contributed by atoms with Gasteiger partial charge in [-0.05, 0) is 23.8 Å². The second kappa shape index (κ2) is 6.20. The predicted molar refractivity (Wildman–Crippen MR) is 52.5 cm³/mol. The van der Waals surface area contributed by atoms with Crippen molar-refractivity contribution in [2.24, 2.45) is 0 Å². The van der Waals surface area contributed by atoms with E-state index in [1.807, 2.05) is 0 Å². The van der Waals surface area contributed by atoms with Crippen molar-refractivity contribution >= 4 is 24.5 Å². The van der Waals surface area contributed by atoms with Crippen LogP contribution in [0.1, 0.15) is 5.56 Å². The molecule has 0 aliphatic heterocycles. The summed E-state index contributed by atoms with van der Waals surface area (Å²) in [6.45, 7) is 0. The summed E-state index contributed by atoms with van der Waals surface area (Å²) in [6.07, 6.45) is 6.37. The summed E-state index contributed by atoms with van der Waals surface area (Å²) in [5, 5.41) is 0. The first-order chi connectivity index (χ1) is 5.83. The number of carbonyl (C=O) groups is 1. The summed E-state index contributed by atoms with van der Waals surface area (Å²) in [5.74, 6) is -0.355. The fourth-order valence-electron chi connectivity index (χ4n) is 0.707. The van der Waals surface area contributed by atoms with Crippen LogP contribution in [0, 0.1) is 0 Å². The van der Waals surface area contributed by atoms with E-state index in [0.717, 1.165) is 5.56 Å². The van der Waals surface area contributed by atoms with E-state index in [2.05, 4.69) is 9.72 Å². The Bertz CT molecular complexity index is 285. The average molecular weight is 200 g/mol. The van der Waals surface area contributed by atoms with Gasteiger partial charge in [-0.2, -0.15) is 0 Å². The number of methoxy groups -OCH3 is 1. The van der Waals surface area contributed by atoms with Gasteiger partial charge in [0.15, 0.2) is 0 Å². The van der Waals surface area contributed by atoms with E-state index in [9.17, 15) is 4.79 Å². The van der Waals surface area contributed by atoms with Gasteiger partial charge >= 0.3 is 5.97 Å². The minimum Gasteiger partial charge on any atom is -0.466 e.